The molecule has 2 aromatic rings. The van der Waals surface area contributed by atoms with Crippen LogP contribution in [0.1, 0.15) is 64.6 Å². The summed E-state index contributed by atoms with van der Waals surface area (Å²) in [6.07, 6.45) is 15.8. The molecule has 1 aliphatic heterocycles. The lowest BCUT2D eigenvalue weighted by Crippen LogP contribution is -2.48. The first-order valence-corrected chi connectivity index (χ1v) is 13.2. The van der Waals surface area contributed by atoms with Crippen LogP contribution in [0.15, 0.2) is 90.6 Å². The minimum absolute atomic E-state index is 0.162. The van der Waals surface area contributed by atoms with E-state index < -0.39 is 6.23 Å². The Hall–Kier alpha value is -2.79. The number of hydrogen-bond donors (Lipinski definition) is 3. The van der Waals surface area contributed by atoms with Gasteiger partial charge in [-0.25, -0.2) is 0 Å². The van der Waals surface area contributed by atoms with Crippen molar-refractivity contribution in [2.24, 2.45) is 0 Å². The summed E-state index contributed by atoms with van der Waals surface area (Å²) < 4.78 is 0. The number of aromatic hydroxyl groups is 1. The normalized spacial score (nSPS) is 20.5. The van der Waals surface area contributed by atoms with E-state index in [1.807, 2.05) is 69.0 Å². The van der Waals surface area contributed by atoms with Gasteiger partial charge in [0.2, 0.25) is 0 Å². The molecular weight excluding hydrogens is 468 g/mol. The van der Waals surface area contributed by atoms with Crippen molar-refractivity contribution in [3.8, 4) is 5.75 Å². The van der Waals surface area contributed by atoms with Gasteiger partial charge < -0.3 is 15.1 Å². The summed E-state index contributed by atoms with van der Waals surface area (Å²) in [5, 5.41) is 25.2. The van der Waals surface area contributed by atoms with Gasteiger partial charge in [0, 0.05) is 23.3 Å². The van der Waals surface area contributed by atoms with E-state index in [0.29, 0.717) is 11.6 Å². The number of aliphatic hydroxyl groups is 1. The van der Waals surface area contributed by atoms with Gasteiger partial charge in [0.05, 0.1) is 6.04 Å². The number of allylic oxidation sites excluding steroid dienone is 7. The van der Waals surface area contributed by atoms with Crippen LogP contribution in [0.3, 0.4) is 0 Å². The molecule has 0 bridgehead atoms. The first kappa shape index (κ1) is 29.4. The molecule has 0 spiro atoms. The Morgan fingerprint density at radius 2 is 1.69 bits per heavy atom. The number of nitrogens with one attached hydrogen (secondary N) is 1. The van der Waals surface area contributed by atoms with E-state index in [4.69, 9.17) is 11.6 Å². The van der Waals surface area contributed by atoms with E-state index >= 15 is 0 Å². The van der Waals surface area contributed by atoms with Gasteiger partial charge in [-0.1, -0.05) is 85.7 Å². The van der Waals surface area contributed by atoms with Crippen LogP contribution in [0.25, 0.3) is 0 Å². The van der Waals surface area contributed by atoms with Gasteiger partial charge >= 0.3 is 0 Å². The highest BCUT2D eigenvalue weighted by molar-refractivity contribution is 6.30. The van der Waals surface area contributed by atoms with Crippen LogP contribution in [0, 0.1) is 0 Å². The maximum atomic E-state index is 11.2. The lowest BCUT2D eigenvalue weighted by molar-refractivity contribution is 0.131. The highest BCUT2D eigenvalue weighted by Crippen LogP contribution is 2.37. The molecule has 0 aromatic heterocycles. The molecule has 36 heavy (non-hydrogen) atoms. The van der Waals surface area contributed by atoms with Crippen LogP contribution in [-0.2, 0) is 0 Å². The Morgan fingerprint density at radius 1 is 1.03 bits per heavy atom. The SMILES string of the molecule is C/C=C\C/C=C\C=C/C/C=C(\C)CN1c2ccc(Cl)cc2C(c2ccc(O)cc2)NC(C)C1O.CC. The second kappa shape index (κ2) is 15.4. The number of anilines is 1. The minimum Gasteiger partial charge on any atom is -0.508 e. The van der Waals surface area contributed by atoms with Crippen LogP contribution in [0.2, 0.25) is 5.02 Å². The standard InChI is InChI=1S/C29H35ClN2O2.C2H6/c1-4-5-6-7-8-9-10-11-12-21(2)20-32-27-18-15-24(30)19-26(27)28(31-22(3)29(32)34)23-13-16-25(33)17-14-23;1-2/h4-5,7-10,12-19,22,28-29,31,33-34H,6,11,20H2,1-3H3;1-2H3/b5-4-,8-7-,10-9-,21-12+;. The summed E-state index contributed by atoms with van der Waals surface area (Å²) in [6.45, 7) is 10.7. The molecule has 3 N–H and O–H groups in total. The minimum atomic E-state index is -0.713. The van der Waals surface area contributed by atoms with Gasteiger partial charge in [0.1, 0.15) is 12.0 Å². The van der Waals surface area contributed by atoms with E-state index in [2.05, 4.69) is 48.7 Å². The van der Waals surface area contributed by atoms with Crippen LogP contribution >= 0.6 is 11.6 Å². The average molecular weight is 509 g/mol. The smallest absolute Gasteiger partial charge is 0.142 e. The Labute approximate surface area is 222 Å². The van der Waals surface area contributed by atoms with E-state index in [9.17, 15) is 10.2 Å². The quantitative estimate of drug-likeness (QED) is 0.252. The van der Waals surface area contributed by atoms with Crippen molar-refractivity contribution < 1.29 is 10.2 Å². The Balaban J connectivity index is 0.00000222. The zero-order valence-corrected chi connectivity index (χ0v) is 22.9. The number of nitrogens with zero attached hydrogens (tertiary/aromatic N) is 1. The first-order valence-electron chi connectivity index (χ1n) is 12.8. The van der Waals surface area contributed by atoms with Gasteiger partial charge in [-0.15, -0.1) is 0 Å². The zero-order chi connectivity index (χ0) is 26.5. The number of aliphatic hydroxyl groups excluding tert-OH is 1. The van der Waals surface area contributed by atoms with Gasteiger partial charge in [-0.3, -0.25) is 5.32 Å². The van der Waals surface area contributed by atoms with Crippen LogP contribution in [0.5, 0.6) is 5.75 Å². The van der Waals surface area contributed by atoms with Gasteiger partial charge in [-0.2, -0.15) is 0 Å². The molecule has 0 aliphatic carbocycles. The molecule has 4 nitrogen and oxygen atoms in total. The molecule has 0 saturated heterocycles. The van der Waals surface area contributed by atoms with E-state index in [0.717, 1.165) is 29.7 Å². The highest BCUT2D eigenvalue weighted by atomic mass is 35.5. The summed E-state index contributed by atoms with van der Waals surface area (Å²) in [5.74, 6) is 0.224. The Kier molecular flexibility index (Phi) is 12.6. The van der Waals surface area contributed by atoms with E-state index in [1.165, 1.54) is 5.57 Å². The Morgan fingerprint density at radius 3 is 2.36 bits per heavy atom. The average Bonchev–Trinajstić information content (AvgIpc) is 2.97. The maximum absolute atomic E-state index is 11.2. The molecule has 194 valence electrons. The Bertz CT molecular complexity index is 1060. The van der Waals surface area contributed by atoms with Crippen molar-refractivity contribution in [2.45, 2.75) is 65.8 Å². The predicted molar refractivity (Wildman–Crippen MR) is 155 cm³/mol. The molecule has 0 saturated carbocycles. The van der Waals surface area contributed by atoms with Gasteiger partial charge in [0.15, 0.2) is 0 Å². The molecule has 0 amide bonds. The number of halogens is 1. The molecule has 2 aromatic carbocycles. The molecular formula is C31H41ClN2O2. The molecule has 0 radical (unpaired) electrons. The van der Waals surface area contributed by atoms with E-state index in [1.54, 1.807) is 12.1 Å². The van der Waals surface area contributed by atoms with Crippen LogP contribution < -0.4 is 10.2 Å². The van der Waals surface area contributed by atoms with Crippen molar-refractivity contribution in [1.29, 1.82) is 0 Å². The van der Waals surface area contributed by atoms with Crippen molar-refractivity contribution in [3.63, 3.8) is 0 Å². The lowest BCUT2D eigenvalue weighted by atomic mass is 9.96. The van der Waals surface area contributed by atoms with Gasteiger partial charge in [-0.05, 0) is 75.1 Å². The number of phenolic OH excluding ortho intramolecular Hbond substituents is 1. The monoisotopic (exact) mass is 508 g/mol. The topological polar surface area (TPSA) is 55.7 Å². The number of phenols is 1. The fraction of sp³-hybridized carbons (Fsp3) is 0.355. The third kappa shape index (κ3) is 8.41. The van der Waals surface area contributed by atoms with Crippen molar-refractivity contribution in [2.75, 3.05) is 11.4 Å². The van der Waals surface area contributed by atoms with Gasteiger partial charge in [0.25, 0.3) is 0 Å². The number of rotatable bonds is 8. The molecule has 3 atom stereocenters. The van der Waals surface area contributed by atoms with E-state index in [-0.39, 0.29) is 17.8 Å². The molecule has 3 rings (SSSR count). The molecule has 0 fully saturated rings. The zero-order valence-electron chi connectivity index (χ0n) is 22.2. The predicted octanol–water partition coefficient (Wildman–Crippen LogP) is 7.69. The fourth-order valence-electron chi connectivity index (χ4n) is 4.12. The third-order valence-corrected chi connectivity index (χ3v) is 6.18. The number of fused-ring (bicyclic) bond motifs is 1. The summed E-state index contributed by atoms with van der Waals surface area (Å²) in [7, 11) is 0. The summed E-state index contributed by atoms with van der Waals surface area (Å²) in [5.41, 5.74) is 4.13. The van der Waals surface area contributed by atoms with Crippen LogP contribution in [-0.4, -0.2) is 29.0 Å². The fourth-order valence-corrected chi connectivity index (χ4v) is 4.30. The summed E-state index contributed by atoms with van der Waals surface area (Å²) in [4.78, 5) is 2.04. The molecule has 5 heteroatoms. The van der Waals surface area contributed by atoms with Crippen LogP contribution in [0.4, 0.5) is 5.69 Å². The lowest BCUT2D eigenvalue weighted by Gasteiger charge is -2.32. The summed E-state index contributed by atoms with van der Waals surface area (Å²) >= 11 is 6.40. The molecule has 1 heterocycles. The van der Waals surface area contributed by atoms with Crippen molar-refractivity contribution >= 4 is 17.3 Å². The molecule has 3 unspecified atom stereocenters. The second-order valence-electron chi connectivity index (χ2n) is 8.67. The summed E-state index contributed by atoms with van der Waals surface area (Å²) in [6, 6.07) is 12.6. The second-order valence-corrected chi connectivity index (χ2v) is 9.11. The van der Waals surface area contributed by atoms with Crippen molar-refractivity contribution in [1.82, 2.24) is 5.32 Å². The first-order chi connectivity index (χ1) is 17.4. The van der Waals surface area contributed by atoms with Crippen molar-refractivity contribution in [3.05, 3.63) is 107 Å². The number of hydrogen-bond acceptors (Lipinski definition) is 4. The highest BCUT2D eigenvalue weighted by Gasteiger charge is 2.33. The third-order valence-electron chi connectivity index (χ3n) is 5.95. The number of benzene rings is 2. The maximum Gasteiger partial charge on any atom is 0.142 e. The largest absolute Gasteiger partial charge is 0.508 e. The molecule has 1 aliphatic rings.